The zero-order valence-electron chi connectivity index (χ0n) is 11.3. The van der Waals surface area contributed by atoms with Crippen molar-refractivity contribution in [2.45, 2.75) is 12.5 Å². The normalized spacial score (nSPS) is 22.6. The van der Waals surface area contributed by atoms with E-state index in [1.165, 1.54) is 0 Å². The van der Waals surface area contributed by atoms with Gasteiger partial charge in [0, 0.05) is 37.1 Å². The molecule has 0 aromatic heterocycles. The van der Waals surface area contributed by atoms with Crippen molar-refractivity contribution in [1.82, 2.24) is 4.90 Å². The van der Waals surface area contributed by atoms with Gasteiger partial charge in [0.05, 0.1) is 6.54 Å². The van der Waals surface area contributed by atoms with Crippen LogP contribution in [0.15, 0.2) is 18.2 Å². The molecule has 1 aromatic carbocycles. The maximum Gasteiger partial charge on any atom is 0.257 e. The molecule has 1 fully saturated rings. The van der Waals surface area contributed by atoms with Crippen molar-refractivity contribution in [2.24, 2.45) is 0 Å². The van der Waals surface area contributed by atoms with Crippen LogP contribution < -0.4 is 10.2 Å². The van der Waals surface area contributed by atoms with E-state index in [1.807, 2.05) is 24.1 Å². The van der Waals surface area contributed by atoms with Crippen LogP contribution in [0.2, 0.25) is 0 Å². The highest BCUT2D eigenvalue weighted by Gasteiger charge is 2.29. The van der Waals surface area contributed by atoms with Gasteiger partial charge in [-0.25, -0.2) is 0 Å². The Morgan fingerprint density at radius 1 is 1.30 bits per heavy atom. The van der Waals surface area contributed by atoms with Gasteiger partial charge in [-0.15, -0.1) is 0 Å². The van der Waals surface area contributed by atoms with Gasteiger partial charge in [0.15, 0.2) is 6.10 Å². The van der Waals surface area contributed by atoms with E-state index in [2.05, 4.69) is 5.32 Å². The highest BCUT2D eigenvalue weighted by molar-refractivity contribution is 6.02. The molecule has 2 amide bonds. The van der Waals surface area contributed by atoms with Gasteiger partial charge < -0.3 is 20.2 Å². The van der Waals surface area contributed by atoms with Crippen LogP contribution in [0.1, 0.15) is 18.1 Å². The quantitative estimate of drug-likeness (QED) is 0.775. The van der Waals surface area contributed by atoms with Crippen LogP contribution in [0.4, 0.5) is 11.4 Å². The van der Waals surface area contributed by atoms with E-state index in [4.69, 9.17) is 0 Å². The van der Waals surface area contributed by atoms with Gasteiger partial charge >= 0.3 is 0 Å². The van der Waals surface area contributed by atoms with E-state index >= 15 is 0 Å². The number of carbonyl (C=O) groups excluding carboxylic acids is 2. The molecule has 0 saturated carbocycles. The summed E-state index contributed by atoms with van der Waals surface area (Å²) in [4.78, 5) is 27.1. The molecule has 6 nitrogen and oxygen atoms in total. The van der Waals surface area contributed by atoms with Gasteiger partial charge in [0.2, 0.25) is 5.91 Å². The molecule has 2 N–H and O–H groups in total. The van der Waals surface area contributed by atoms with Crippen LogP contribution >= 0.6 is 0 Å². The van der Waals surface area contributed by atoms with Crippen molar-refractivity contribution < 1.29 is 14.7 Å². The predicted molar refractivity (Wildman–Crippen MR) is 74.5 cm³/mol. The van der Waals surface area contributed by atoms with Gasteiger partial charge in [-0.1, -0.05) is 6.07 Å². The van der Waals surface area contributed by atoms with E-state index in [-0.39, 0.29) is 5.91 Å². The lowest BCUT2D eigenvalue weighted by molar-refractivity contribution is -0.128. The molecule has 0 bridgehead atoms. The minimum atomic E-state index is -1.09. The zero-order valence-corrected chi connectivity index (χ0v) is 11.3. The molecule has 2 heterocycles. The van der Waals surface area contributed by atoms with Crippen LogP contribution in [0, 0.1) is 0 Å². The van der Waals surface area contributed by atoms with Crippen LogP contribution in [-0.4, -0.2) is 48.5 Å². The summed E-state index contributed by atoms with van der Waals surface area (Å²) in [6.07, 6.45) is -0.176. The molecule has 3 rings (SSSR count). The van der Waals surface area contributed by atoms with Crippen LogP contribution in [-0.2, 0) is 9.59 Å². The molecule has 0 radical (unpaired) electrons. The third-order valence-electron chi connectivity index (χ3n) is 3.88. The molecular formula is C14H17N3O3. The van der Waals surface area contributed by atoms with Gasteiger partial charge in [-0.05, 0) is 18.6 Å². The standard InChI is InChI=1S/C14H17N3O3/c1-16-5-2-6-17(8-12(16)18)9-3-4-10-11(7-9)15-14(20)13(10)19/h3-4,7,13,19H,2,5-6,8H2,1H3,(H,15,20). The Labute approximate surface area is 117 Å². The number of anilines is 2. The molecule has 0 spiro atoms. The largest absolute Gasteiger partial charge is 0.378 e. The third kappa shape index (κ3) is 2.12. The van der Waals surface area contributed by atoms with E-state index in [0.717, 1.165) is 25.2 Å². The minimum absolute atomic E-state index is 0.0899. The van der Waals surface area contributed by atoms with Gasteiger partial charge in [0.25, 0.3) is 5.91 Å². The van der Waals surface area contributed by atoms with Crippen molar-refractivity contribution in [2.75, 3.05) is 36.9 Å². The number of amides is 2. The summed E-state index contributed by atoms with van der Waals surface area (Å²) in [5, 5.41) is 12.3. The number of fused-ring (bicyclic) bond motifs is 1. The SMILES string of the molecule is CN1CCCN(c2ccc3c(c2)NC(=O)C3O)CC1=O. The van der Waals surface area contributed by atoms with E-state index < -0.39 is 12.0 Å². The zero-order chi connectivity index (χ0) is 14.3. The van der Waals surface area contributed by atoms with Crippen LogP contribution in [0.25, 0.3) is 0 Å². The summed E-state index contributed by atoms with van der Waals surface area (Å²) in [7, 11) is 1.81. The highest BCUT2D eigenvalue weighted by Crippen LogP contribution is 2.34. The van der Waals surface area contributed by atoms with Gasteiger partial charge in [-0.3, -0.25) is 9.59 Å². The smallest absolute Gasteiger partial charge is 0.257 e. The number of likely N-dealkylation sites (N-methyl/N-ethyl adjacent to an activating group) is 1. The molecule has 2 aliphatic rings. The number of hydrogen-bond acceptors (Lipinski definition) is 4. The number of nitrogens with zero attached hydrogens (tertiary/aromatic N) is 2. The summed E-state index contributed by atoms with van der Waals surface area (Å²) in [6.45, 7) is 1.90. The Bertz CT molecular complexity index is 573. The Morgan fingerprint density at radius 3 is 2.90 bits per heavy atom. The number of carbonyl (C=O) groups is 2. The maximum atomic E-state index is 11.9. The second kappa shape index (κ2) is 4.79. The molecule has 106 valence electrons. The predicted octanol–water partition coefficient (Wildman–Crippen LogP) is 0.341. The lowest BCUT2D eigenvalue weighted by atomic mass is 10.1. The van der Waals surface area contributed by atoms with Gasteiger partial charge in [0.1, 0.15) is 0 Å². The lowest BCUT2D eigenvalue weighted by Crippen LogP contribution is -2.34. The summed E-state index contributed by atoms with van der Waals surface area (Å²) in [5.74, 6) is -0.309. The Balaban J connectivity index is 1.87. The number of aliphatic hydroxyl groups is 1. The summed E-state index contributed by atoms with van der Waals surface area (Å²) in [6, 6.07) is 5.41. The topological polar surface area (TPSA) is 72.9 Å². The molecular weight excluding hydrogens is 258 g/mol. The molecule has 1 unspecified atom stereocenters. The second-order valence-electron chi connectivity index (χ2n) is 5.25. The van der Waals surface area contributed by atoms with Crippen LogP contribution in [0.5, 0.6) is 0 Å². The Hall–Kier alpha value is -2.08. The average Bonchev–Trinajstić information content (AvgIpc) is 2.60. The number of aliphatic hydroxyl groups excluding tert-OH is 1. The fourth-order valence-electron chi connectivity index (χ4n) is 2.64. The van der Waals surface area contributed by atoms with Crippen molar-refractivity contribution >= 4 is 23.2 Å². The first-order valence-electron chi connectivity index (χ1n) is 6.68. The van der Waals surface area contributed by atoms with Gasteiger partial charge in [-0.2, -0.15) is 0 Å². The summed E-state index contributed by atoms with van der Waals surface area (Å²) in [5.41, 5.74) is 2.11. The van der Waals surface area contributed by atoms with Crippen molar-refractivity contribution in [1.29, 1.82) is 0 Å². The molecule has 2 aliphatic heterocycles. The first kappa shape index (κ1) is 12.9. The van der Waals surface area contributed by atoms with E-state index in [9.17, 15) is 14.7 Å². The molecule has 20 heavy (non-hydrogen) atoms. The molecule has 6 heteroatoms. The number of rotatable bonds is 1. The summed E-state index contributed by atoms with van der Waals surface area (Å²) < 4.78 is 0. The number of nitrogens with one attached hydrogen (secondary N) is 1. The lowest BCUT2D eigenvalue weighted by Gasteiger charge is -2.22. The number of benzene rings is 1. The van der Waals surface area contributed by atoms with Crippen molar-refractivity contribution in [3.8, 4) is 0 Å². The number of hydrogen-bond donors (Lipinski definition) is 2. The third-order valence-corrected chi connectivity index (χ3v) is 3.88. The van der Waals surface area contributed by atoms with E-state index in [0.29, 0.717) is 17.8 Å². The van der Waals surface area contributed by atoms with Crippen molar-refractivity contribution in [3.05, 3.63) is 23.8 Å². The maximum absolute atomic E-state index is 11.9. The Morgan fingerprint density at radius 2 is 2.10 bits per heavy atom. The summed E-state index contributed by atoms with van der Waals surface area (Å²) >= 11 is 0. The second-order valence-corrected chi connectivity index (χ2v) is 5.25. The molecule has 1 atom stereocenters. The Kier molecular flexibility index (Phi) is 3.10. The average molecular weight is 275 g/mol. The molecule has 0 aliphatic carbocycles. The van der Waals surface area contributed by atoms with Crippen LogP contribution in [0.3, 0.4) is 0 Å². The fraction of sp³-hybridized carbons (Fsp3) is 0.429. The molecule has 1 aromatic rings. The highest BCUT2D eigenvalue weighted by atomic mass is 16.3. The van der Waals surface area contributed by atoms with E-state index in [1.54, 1.807) is 11.0 Å². The molecule has 1 saturated heterocycles. The fourth-order valence-corrected chi connectivity index (χ4v) is 2.64. The minimum Gasteiger partial charge on any atom is -0.378 e. The first-order valence-corrected chi connectivity index (χ1v) is 6.68. The van der Waals surface area contributed by atoms with Crippen molar-refractivity contribution in [3.63, 3.8) is 0 Å². The first-order chi connectivity index (χ1) is 9.56. The monoisotopic (exact) mass is 275 g/mol.